The molecule has 2 fully saturated rings. The third-order valence-electron chi connectivity index (χ3n) is 8.31. The van der Waals surface area contributed by atoms with Crippen molar-refractivity contribution in [3.63, 3.8) is 0 Å². The fourth-order valence-electron chi connectivity index (χ4n) is 5.78. The van der Waals surface area contributed by atoms with Crippen molar-refractivity contribution < 1.29 is 24.2 Å². The molecule has 252 valence electrons. The average molecular weight is 671 g/mol. The molecule has 1 aliphatic heterocycles. The number of carbonyl (C=O) groups excluding carboxylic acids is 3. The number of anilines is 1. The number of nitrogens with zero attached hydrogens (tertiary/aromatic N) is 2. The van der Waals surface area contributed by atoms with Gasteiger partial charge < -0.3 is 25.4 Å². The zero-order valence-corrected chi connectivity index (χ0v) is 29.4. The van der Waals surface area contributed by atoms with E-state index in [4.69, 9.17) is 4.74 Å². The highest BCUT2D eigenvalue weighted by Gasteiger charge is 2.39. The molecule has 1 aliphatic carbocycles. The minimum absolute atomic E-state index is 0.0536. The van der Waals surface area contributed by atoms with Gasteiger partial charge in [0.25, 0.3) is 11.8 Å². The molecule has 1 saturated heterocycles. The lowest BCUT2D eigenvalue weighted by Crippen LogP contribution is -2.55. The summed E-state index contributed by atoms with van der Waals surface area (Å²) in [6.07, 6.45) is 6.38. The summed E-state index contributed by atoms with van der Waals surface area (Å²) in [6.45, 7) is 6.02. The van der Waals surface area contributed by atoms with Crippen molar-refractivity contribution in [1.29, 1.82) is 0 Å². The second-order valence-electron chi connectivity index (χ2n) is 13.4. The number of para-hydroxylation sites is 1. The lowest BCUT2D eigenvalue weighted by molar-refractivity contribution is -0.123. The summed E-state index contributed by atoms with van der Waals surface area (Å²) in [4.78, 5) is 43.7. The van der Waals surface area contributed by atoms with Crippen LogP contribution in [0.25, 0.3) is 0 Å². The van der Waals surface area contributed by atoms with Crippen LogP contribution in [-0.4, -0.2) is 88.9 Å². The number of benzene rings is 2. The number of phenolic OH excluding ortho intramolecular Hbond substituents is 1. The Hall–Kier alpha value is -3.05. The van der Waals surface area contributed by atoms with Gasteiger partial charge in [-0.3, -0.25) is 14.5 Å². The molecule has 46 heavy (non-hydrogen) atoms. The van der Waals surface area contributed by atoms with Crippen LogP contribution in [0.5, 0.6) is 5.75 Å². The number of aromatic hydroxyl groups is 1. The van der Waals surface area contributed by atoms with Gasteiger partial charge in [0.1, 0.15) is 11.4 Å². The lowest BCUT2D eigenvalue weighted by Gasteiger charge is -2.32. The Kier molecular flexibility index (Phi) is 13.0. The molecule has 3 N–H and O–H groups in total. The molecule has 4 rings (SSSR count). The first-order valence-electron chi connectivity index (χ1n) is 16.3. The molecule has 2 aromatic carbocycles. The first kappa shape index (κ1) is 35.8. The van der Waals surface area contributed by atoms with Crippen molar-refractivity contribution >= 4 is 47.1 Å². The molecule has 0 bridgehead atoms. The predicted molar refractivity (Wildman–Crippen MR) is 189 cm³/mol. The topological polar surface area (TPSA) is 111 Å². The maximum atomic E-state index is 13.9. The Morgan fingerprint density at radius 2 is 1.76 bits per heavy atom. The van der Waals surface area contributed by atoms with Crippen LogP contribution in [0.4, 0.5) is 10.5 Å². The smallest absolute Gasteiger partial charge is 0.411 e. The average Bonchev–Trinajstić information content (AvgIpc) is 3.52. The van der Waals surface area contributed by atoms with Crippen LogP contribution in [0.1, 0.15) is 68.8 Å². The number of hydrogen-bond acceptors (Lipinski definition) is 8. The quantitative estimate of drug-likeness (QED) is 0.256. The number of rotatable bonds is 12. The molecular weight excluding hydrogens is 621 g/mol. The van der Waals surface area contributed by atoms with Crippen molar-refractivity contribution in [2.24, 2.45) is 5.92 Å². The molecule has 1 heterocycles. The van der Waals surface area contributed by atoms with Gasteiger partial charge in [0.05, 0.1) is 11.6 Å². The molecule has 2 unspecified atom stereocenters. The van der Waals surface area contributed by atoms with Gasteiger partial charge in [0.2, 0.25) is 0 Å². The first-order chi connectivity index (χ1) is 21.9. The largest absolute Gasteiger partial charge is 0.507 e. The maximum absolute atomic E-state index is 13.9. The van der Waals surface area contributed by atoms with Gasteiger partial charge in [0.15, 0.2) is 5.37 Å². The molecule has 2 aromatic rings. The molecule has 2 aliphatic rings. The third kappa shape index (κ3) is 10.5. The number of nitrogens with one attached hydrogen (secondary N) is 2. The highest BCUT2D eigenvalue weighted by Crippen LogP contribution is 2.32. The fraction of sp³-hybridized carbons (Fsp3) is 0.571. The lowest BCUT2D eigenvalue weighted by atomic mass is 9.91. The fourth-order valence-corrected chi connectivity index (χ4v) is 8.46. The highest BCUT2D eigenvalue weighted by atomic mass is 32.2. The maximum Gasteiger partial charge on any atom is 0.411 e. The van der Waals surface area contributed by atoms with E-state index in [1.54, 1.807) is 18.2 Å². The Labute approximate surface area is 282 Å². The van der Waals surface area contributed by atoms with E-state index in [1.165, 1.54) is 54.8 Å². The van der Waals surface area contributed by atoms with Gasteiger partial charge in [-0.05, 0) is 81.5 Å². The van der Waals surface area contributed by atoms with Crippen molar-refractivity contribution in [1.82, 2.24) is 15.5 Å². The zero-order chi connectivity index (χ0) is 33.3. The molecule has 9 nitrogen and oxygen atoms in total. The first-order valence-corrected chi connectivity index (χ1v) is 18.4. The van der Waals surface area contributed by atoms with Crippen LogP contribution in [0.15, 0.2) is 48.5 Å². The van der Waals surface area contributed by atoms with Crippen molar-refractivity contribution in [3.05, 3.63) is 59.7 Å². The second-order valence-corrected chi connectivity index (χ2v) is 15.8. The van der Waals surface area contributed by atoms with Crippen LogP contribution in [0, 0.1) is 5.92 Å². The van der Waals surface area contributed by atoms with Crippen molar-refractivity contribution in [2.45, 2.75) is 81.6 Å². The van der Waals surface area contributed by atoms with Crippen LogP contribution < -0.4 is 15.5 Å². The van der Waals surface area contributed by atoms with E-state index in [9.17, 15) is 19.5 Å². The summed E-state index contributed by atoms with van der Waals surface area (Å²) in [5, 5.41) is 15.8. The number of carbonyl (C=O) groups is 3. The van der Waals surface area contributed by atoms with E-state index < -0.39 is 29.0 Å². The van der Waals surface area contributed by atoms with Gasteiger partial charge in [0, 0.05) is 43.9 Å². The van der Waals surface area contributed by atoms with Gasteiger partial charge in [-0.2, -0.15) is 11.8 Å². The summed E-state index contributed by atoms with van der Waals surface area (Å²) in [7, 11) is 4.02. The van der Waals surface area contributed by atoms with Crippen LogP contribution >= 0.6 is 23.5 Å². The molecule has 11 heteroatoms. The predicted octanol–water partition coefficient (Wildman–Crippen LogP) is 5.91. The van der Waals surface area contributed by atoms with E-state index in [-0.39, 0.29) is 29.0 Å². The Morgan fingerprint density at radius 1 is 1.07 bits per heavy atom. The normalized spacial score (nSPS) is 18.5. The summed E-state index contributed by atoms with van der Waals surface area (Å²) in [5.41, 5.74) is 1.75. The summed E-state index contributed by atoms with van der Waals surface area (Å²) < 4.78 is 5.61. The van der Waals surface area contributed by atoms with E-state index in [0.717, 1.165) is 17.0 Å². The molecular formula is C35H50N4O5S2. The monoisotopic (exact) mass is 670 g/mol. The number of thioether (sulfide) groups is 2. The Bertz CT molecular complexity index is 1310. The van der Waals surface area contributed by atoms with Crippen LogP contribution in [0.3, 0.4) is 0 Å². The summed E-state index contributed by atoms with van der Waals surface area (Å²) >= 11 is 3.27. The van der Waals surface area contributed by atoms with Crippen LogP contribution in [0.2, 0.25) is 0 Å². The third-order valence-corrected chi connectivity index (χ3v) is 11.1. The number of hydrogen-bond donors (Lipinski definition) is 3. The Morgan fingerprint density at radius 3 is 2.41 bits per heavy atom. The zero-order valence-electron chi connectivity index (χ0n) is 27.8. The molecule has 3 atom stereocenters. The van der Waals surface area contributed by atoms with Gasteiger partial charge in [-0.25, -0.2) is 4.79 Å². The van der Waals surface area contributed by atoms with E-state index >= 15 is 0 Å². The van der Waals surface area contributed by atoms with Gasteiger partial charge >= 0.3 is 6.09 Å². The van der Waals surface area contributed by atoms with Gasteiger partial charge in [-0.1, -0.05) is 43.5 Å². The number of amides is 3. The standard InChI is InChI=1S/C35H50N4O5S2/c1-35(2,3)44-34(43)39-19-20-45-33(39)32(42)37-28(22-36-31(41)27-13-9-10-14-29(27)40)30(46-23-25-11-7-6-8-12-25)21-24-15-17-26(18-16-24)38(4)5/h9-10,13-18,25,28,30,33,40H,6-8,11-12,19-23H2,1-5H3,(H,36,41)(H,37,42)/t28?,30?,33-/m1/s1. The van der Waals surface area contributed by atoms with Gasteiger partial charge in [-0.15, -0.1) is 11.8 Å². The molecule has 0 spiro atoms. The number of ether oxygens (including phenoxy) is 1. The highest BCUT2D eigenvalue weighted by molar-refractivity contribution is 8.00. The Balaban J connectivity index is 1.58. The van der Waals surface area contributed by atoms with E-state index in [2.05, 4.69) is 39.8 Å². The molecule has 1 saturated carbocycles. The van der Waals surface area contributed by atoms with Crippen LogP contribution in [-0.2, 0) is 16.0 Å². The summed E-state index contributed by atoms with van der Waals surface area (Å²) in [5.74, 6) is 1.44. The van der Waals surface area contributed by atoms with Crippen molar-refractivity contribution in [3.8, 4) is 5.75 Å². The second kappa shape index (κ2) is 16.7. The minimum atomic E-state index is -0.727. The SMILES string of the molecule is CN(C)c1ccc(CC(SCC2CCCCC2)C(CNC(=O)c2ccccc2O)NC(=O)[C@H]2SCCN2C(=O)OC(C)(C)C)cc1. The minimum Gasteiger partial charge on any atom is -0.507 e. The van der Waals surface area contributed by atoms with E-state index in [1.807, 2.05) is 46.6 Å². The van der Waals surface area contributed by atoms with E-state index in [0.29, 0.717) is 24.6 Å². The summed E-state index contributed by atoms with van der Waals surface area (Å²) in [6, 6.07) is 14.4. The molecule has 3 amide bonds. The number of phenols is 1. The molecule has 0 radical (unpaired) electrons. The van der Waals surface area contributed by atoms with Crippen molar-refractivity contribution in [2.75, 3.05) is 43.6 Å². The molecule has 0 aromatic heterocycles.